The lowest BCUT2D eigenvalue weighted by Gasteiger charge is -2.34. The Kier molecular flexibility index (Phi) is 4.04. The SMILES string of the molecule is N#Cc1cc(Br)cc(N2CCC(C(F)(F)F)CC2)c1. The lowest BCUT2D eigenvalue weighted by molar-refractivity contribution is -0.179. The maximum Gasteiger partial charge on any atom is 0.391 e. The number of nitrogens with zero attached hydrogens (tertiary/aromatic N) is 2. The first-order valence-electron chi connectivity index (χ1n) is 5.92. The molecule has 0 spiro atoms. The molecule has 1 saturated heterocycles. The standard InChI is InChI=1S/C13H12BrF3N2/c14-11-5-9(8-18)6-12(7-11)19-3-1-10(2-4-19)13(15,16)17/h5-7,10H,1-4H2. The first-order valence-corrected chi connectivity index (χ1v) is 6.72. The van der Waals surface area contributed by atoms with Gasteiger partial charge in [0.25, 0.3) is 0 Å². The molecule has 19 heavy (non-hydrogen) atoms. The number of rotatable bonds is 1. The van der Waals surface area contributed by atoms with Crippen molar-refractivity contribution in [3.05, 3.63) is 28.2 Å². The van der Waals surface area contributed by atoms with E-state index in [2.05, 4.69) is 15.9 Å². The molecule has 1 fully saturated rings. The molecule has 0 bridgehead atoms. The van der Waals surface area contributed by atoms with Crippen LogP contribution in [0.25, 0.3) is 0 Å². The number of nitriles is 1. The monoisotopic (exact) mass is 332 g/mol. The van der Waals surface area contributed by atoms with Crippen molar-refractivity contribution in [3.63, 3.8) is 0 Å². The summed E-state index contributed by atoms with van der Waals surface area (Å²) in [6, 6.07) is 7.27. The molecule has 1 aromatic carbocycles. The van der Waals surface area contributed by atoms with E-state index in [-0.39, 0.29) is 12.8 Å². The molecule has 2 rings (SSSR count). The van der Waals surface area contributed by atoms with Crippen LogP contribution in [0, 0.1) is 17.2 Å². The second kappa shape index (κ2) is 5.41. The van der Waals surface area contributed by atoms with E-state index < -0.39 is 12.1 Å². The zero-order valence-corrected chi connectivity index (χ0v) is 11.6. The van der Waals surface area contributed by atoms with Gasteiger partial charge in [-0.25, -0.2) is 0 Å². The average Bonchev–Trinajstić information content (AvgIpc) is 2.37. The molecule has 1 heterocycles. The molecule has 0 radical (unpaired) electrons. The predicted molar refractivity (Wildman–Crippen MR) is 69.8 cm³/mol. The normalized spacial score (nSPS) is 17.3. The first kappa shape index (κ1) is 14.2. The summed E-state index contributed by atoms with van der Waals surface area (Å²) in [5.74, 6) is -1.20. The van der Waals surface area contributed by atoms with Crippen LogP contribution in [0.1, 0.15) is 18.4 Å². The Bertz CT molecular complexity index is 500. The van der Waals surface area contributed by atoms with Crippen LogP contribution in [-0.2, 0) is 0 Å². The van der Waals surface area contributed by atoms with Gasteiger partial charge in [0, 0.05) is 23.2 Å². The minimum atomic E-state index is -4.10. The van der Waals surface area contributed by atoms with E-state index in [4.69, 9.17) is 5.26 Å². The number of anilines is 1. The van der Waals surface area contributed by atoms with Crippen molar-refractivity contribution in [2.24, 2.45) is 5.92 Å². The van der Waals surface area contributed by atoms with E-state index in [0.29, 0.717) is 18.7 Å². The van der Waals surface area contributed by atoms with Gasteiger partial charge in [0.1, 0.15) is 0 Å². The van der Waals surface area contributed by atoms with Gasteiger partial charge in [-0.3, -0.25) is 0 Å². The Morgan fingerprint density at radius 1 is 1.21 bits per heavy atom. The van der Waals surface area contributed by atoms with E-state index in [1.165, 1.54) is 0 Å². The summed E-state index contributed by atoms with van der Waals surface area (Å²) in [7, 11) is 0. The largest absolute Gasteiger partial charge is 0.391 e. The van der Waals surface area contributed by atoms with E-state index in [9.17, 15) is 13.2 Å². The highest BCUT2D eigenvalue weighted by atomic mass is 79.9. The number of hydrogen-bond acceptors (Lipinski definition) is 2. The quantitative estimate of drug-likeness (QED) is 0.774. The average molecular weight is 333 g/mol. The van der Waals surface area contributed by atoms with Crippen molar-refractivity contribution >= 4 is 21.6 Å². The van der Waals surface area contributed by atoms with Crippen molar-refractivity contribution in [1.29, 1.82) is 5.26 Å². The van der Waals surface area contributed by atoms with Crippen LogP contribution in [0.3, 0.4) is 0 Å². The van der Waals surface area contributed by atoms with Crippen molar-refractivity contribution < 1.29 is 13.2 Å². The molecule has 0 atom stereocenters. The molecule has 0 unspecified atom stereocenters. The summed E-state index contributed by atoms with van der Waals surface area (Å²) >= 11 is 3.31. The number of alkyl halides is 3. The number of hydrogen-bond donors (Lipinski definition) is 0. The number of piperidine rings is 1. The minimum absolute atomic E-state index is 0.109. The predicted octanol–water partition coefficient (Wildman–Crippen LogP) is 4.10. The molecule has 0 saturated carbocycles. The molecule has 0 aliphatic carbocycles. The summed E-state index contributed by atoms with van der Waals surface area (Å²) in [6.45, 7) is 0.733. The number of benzene rings is 1. The van der Waals surface area contributed by atoms with Crippen LogP contribution in [0.2, 0.25) is 0 Å². The highest BCUT2D eigenvalue weighted by Gasteiger charge is 2.41. The van der Waals surface area contributed by atoms with Gasteiger partial charge in [-0.2, -0.15) is 18.4 Å². The third kappa shape index (κ3) is 3.41. The molecule has 0 N–H and O–H groups in total. The third-order valence-corrected chi connectivity index (χ3v) is 3.79. The molecule has 1 aliphatic heterocycles. The third-order valence-electron chi connectivity index (χ3n) is 3.33. The summed E-state index contributed by atoms with van der Waals surface area (Å²) in [5.41, 5.74) is 1.30. The first-order chi connectivity index (χ1) is 8.90. The van der Waals surface area contributed by atoms with Gasteiger partial charge in [-0.1, -0.05) is 15.9 Å². The van der Waals surface area contributed by atoms with E-state index >= 15 is 0 Å². The highest BCUT2D eigenvalue weighted by Crippen LogP contribution is 2.35. The van der Waals surface area contributed by atoms with E-state index in [1.807, 2.05) is 17.0 Å². The van der Waals surface area contributed by atoms with Gasteiger partial charge in [-0.05, 0) is 31.0 Å². The molecule has 0 amide bonds. The van der Waals surface area contributed by atoms with Crippen molar-refractivity contribution in [3.8, 4) is 6.07 Å². The molecule has 1 aliphatic rings. The maximum absolute atomic E-state index is 12.6. The van der Waals surface area contributed by atoms with E-state index in [0.717, 1.165) is 10.2 Å². The fourth-order valence-electron chi connectivity index (χ4n) is 2.29. The summed E-state index contributed by atoms with van der Waals surface area (Å²) in [6.07, 6.45) is -3.88. The summed E-state index contributed by atoms with van der Waals surface area (Å²) in [4.78, 5) is 1.90. The van der Waals surface area contributed by atoms with Gasteiger partial charge in [-0.15, -0.1) is 0 Å². The Hall–Kier alpha value is -1.22. The lowest BCUT2D eigenvalue weighted by atomic mass is 9.96. The minimum Gasteiger partial charge on any atom is -0.371 e. The molecule has 2 nitrogen and oxygen atoms in total. The van der Waals surface area contributed by atoms with Crippen LogP contribution >= 0.6 is 15.9 Å². The van der Waals surface area contributed by atoms with Crippen LogP contribution in [-0.4, -0.2) is 19.3 Å². The summed E-state index contributed by atoms with van der Waals surface area (Å²) in [5, 5.41) is 8.90. The fraction of sp³-hybridized carbons (Fsp3) is 0.462. The maximum atomic E-state index is 12.6. The van der Waals surface area contributed by atoms with E-state index in [1.54, 1.807) is 12.1 Å². The molecular weight excluding hydrogens is 321 g/mol. The van der Waals surface area contributed by atoms with Gasteiger partial charge in [0.05, 0.1) is 17.6 Å². The van der Waals surface area contributed by atoms with Crippen molar-refractivity contribution in [1.82, 2.24) is 0 Å². The van der Waals surface area contributed by atoms with Crippen LogP contribution < -0.4 is 4.90 Å². The van der Waals surface area contributed by atoms with Crippen LogP contribution in [0.4, 0.5) is 18.9 Å². The van der Waals surface area contributed by atoms with Crippen molar-refractivity contribution in [2.75, 3.05) is 18.0 Å². The molecule has 1 aromatic rings. The van der Waals surface area contributed by atoms with Crippen LogP contribution in [0.5, 0.6) is 0 Å². The Morgan fingerprint density at radius 3 is 2.37 bits per heavy atom. The van der Waals surface area contributed by atoms with Gasteiger partial charge in [0.2, 0.25) is 0 Å². The zero-order valence-electron chi connectivity index (χ0n) is 10.0. The Morgan fingerprint density at radius 2 is 1.84 bits per heavy atom. The second-order valence-corrected chi connectivity index (χ2v) is 5.53. The van der Waals surface area contributed by atoms with Gasteiger partial charge in [0.15, 0.2) is 0 Å². The number of halogens is 4. The second-order valence-electron chi connectivity index (χ2n) is 4.61. The Balaban J connectivity index is 2.10. The molecule has 6 heteroatoms. The van der Waals surface area contributed by atoms with Gasteiger partial charge < -0.3 is 4.90 Å². The van der Waals surface area contributed by atoms with Gasteiger partial charge >= 0.3 is 6.18 Å². The zero-order chi connectivity index (χ0) is 14.0. The topological polar surface area (TPSA) is 27.0 Å². The lowest BCUT2D eigenvalue weighted by Crippen LogP contribution is -2.39. The summed E-state index contributed by atoms with van der Waals surface area (Å²) < 4.78 is 38.5. The molecular formula is C13H12BrF3N2. The van der Waals surface area contributed by atoms with Crippen molar-refractivity contribution in [2.45, 2.75) is 19.0 Å². The smallest absolute Gasteiger partial charge is 0.371 e. The Labute approximate surface area is 117 Å². The molecule has 0 aromatic heterocycles. The highest BCUT2D eigenvalue weighted by molar-refractivity contribution is 9.10. The van der Waals surface area contributed by atoms with Crippen LogP contribution in [0.15, 0.2) is 22.7 Å². The fourth-order valence-corrected chi connectivity index (χ4v) is 2.77. The molecule has 102 valence electrons.